The molecule has 2 atom stereocenters. The standard InChI is InChI=1S/C19H27N3O3/c23-17(20-10-14-7-12-2-1-3-13(6-12)8-14)11-25-18-9-16(15-4-5-15)21-19(24)22-18/h9,12-15H,1-8,10-11H2,(H,20,23)(H,21,22,24). The SMILES string of the molecule is O=C(COc1cc(C2CC2)[nH]c(=O)n1)NCC1CC2CCCC(C2)C1. The number of amides is 1. The van der Waals surface area contributed by atoms with E-state index in [1.807, 2.05) is 0 Å². The molecule has 3 aliphatic rings. The average molecular weight is 345 g/mol. The molecule has 1 heterocycles. The van der Waals surface area contributed by atoms with Crippen molar-refractivity contribution in [1.29, 1.82) is 0 Å². The molecule has 1 amide bonds. The summed E-state index contributed by atoms with van der Waals surface area (Å²) < 4.78 is 5.44. The Balaban J connectivity index is 1.23. The second-order valence-electron chi connectivity index (χ2n) is 8.08. The van der Waals surface area contributed by atoms with Crippen LogP contribution in [0, 0.1) is 17.8 Å². The highest BCUT2D eigenvalue weighted by Gasteiger charge is 2.31. The number of ether oxygens (including phenoxy) is 1. The van der Waals surface area contributed by atoms with Crippen molar-refractivity contribution in [2.45, 2.75) is 57.3 Å². The van der Waals surface area contributed by atoms with E-state index < -0.39 is 5.69 Å². The van der Waals surface area contributed by atoms with Gasteiger partial charge in [-0.15, -0.1) is 0 Å². The molecule has 6 nitrogen and oxygen atoms in total. The molecule has 3 aliphatic carbocycles. The van der Waals surface area contributed by atoms with E-state index in [2.05, 4.69) is 15.3 Å². The lowest BCUT2D eigenvalue weighted by atomic mass is 9.68. The van der Waals surface area contributed by atoms with Crippen LogP contribution in [0.4, 0.5) is 0 Å². The normalized spacial score (nSPS) is 28.4. The molecule has 0 aromatic carbocycles. The van der Waals surface area contributed by atoms with Crippen molar-refractivity contribution in [3.8, 4) is 5.88 Å². The Labute approximate surface area is 147 Å². The molecule has 2 unspecified atom stereocenters. The molecular formula is C19H27N3O3. The highest BCUT2D eigenvalue weighted by Crippen LogP contribution is 2.42. The number of nitrogens with one attached hydrogen (secondary N) is 2. The van der Waals surface area contributed by atoms with Gasteiger partial charge in [-0.25, -0.2) is 4.79 Å². The molecule has 1 aromatic heterocycles. The molecule has 3 saturated carbocycles. The largest absolute Gasteiger partial charge is 0.467 e. The maximum atomic E-state index is 12.1. The molecule has 136 valence electrons. The highest BCUT2D eigenvalue weighted by molar-refractivity contribution is 5.77. The zero-order valence-electron chi connectivity index (χ0n) is 14.6. The van der Waals surface area contributed by atoms with Crippen LogP contribution in [0.1, 0.15) is 63.0 Å². The van der Waals surface area contributed by atoms with Crippen molar-refractivity contribution in [2.75, 3.05) is 13.2 Å². The molecule has 2 bridgehead atoms. The smallest absolute Gasteiger partial charge is 0.348 e. The van der Waals surface area contributed by atoms with Gasteiger partial charge in [0.05, 0.1) is 0 Å². The number of fused-ring (bicyclic) bond motifs is 2. The molecule has 25 heavy (non-hydrogen) atoms. The first-order valence-electron chi connectivity index (χ1n) is 9.66. The predicted molar refractivity (Wildman–Crippen MR) is 93.5 cm³/mol. The van der Waals surface area contributed by atoms with Gasteiger partial charge in [0.2, 0.25) is 5.88 Å². The summed E-state index contributed by atoms with van der Waals surface area (Å²) in [5.74, 6) is 2.86. The first-order valence-corrected chi connectivity index (χ1v) is 9.66. The van der Waals surface area contributed by atoms with Crippen LogP contribution >= 0.6 is 0 Å². The molecule has 0 radical (unpaired) electrons. The average Bonchev–Trinajstić information content (AvgIpc) is 3.42. The molecule has 4 rings (SSSR count). The zero-order valence-corrected chi connectivity index (χ0v) is 14.6. The Kier molecular flexibility index (Phi) is 4.77. The summed E-state index contributed by atoms with van der Waals surface area (Å²) in [5.41, 5.74) is 0.456. The van der Waals surface area contributed by atoms with Crippen molar-refractivity contribution in [3.63, 3.8) is 0 Å². The Morgan fingerprint density at radius 2 is 1.96 bits per heavy atom. The topological polar surface area (TPSA) is 84.1 Å². The molecule has 0 aliphatic heterocycles. The van der Waals surface area contributed by atoms with E-state index in [1.54, 1.807) is 6.07 Å². The third-order valence-electron chi connectivity index (χ3n) is 5.92. The molecule has 1 aromatic rings. The fourth-order valence-corrected chi connectivity index (χ4v) is 4.63. The summed E-state index contributed by atoms with van der Waals surface area (Å²) in [5, 5.41) is 3.00. The van der Waals surface area contributed by atoms with Crippen LogP contribution in [-0.2, 0) is 4.79 Å². The summed E-state index contributed by atoms with van der Waals surface area (Å²) in [4.78, 5) is 30.2. The monoisotopic (exact) mass is 345 g/mol. The lowest BCUT2D eigenvalue weighted by Gasteiger charge is -2.39. The van der Waals surface area contributed by atoms with E-state index in [0.717, 1.165) is 36.9 Å². The summed E-state index contributed by atoms with van der Waals surface area (Å²) >= 11 is 0. The van der Waals surface area contributed by atoms with Crippen molar-refractivity contribution in [3.05, 3.63) is 22.2 Å². The Hall–Kier alpha value is -1.85. The van der Waals surface area contributed by atoms with Crippen LogP contribution in [-0.4, -0.2) is 29.0 Å². The van der Waals surface area contributed by atoms with Gasteiger partial charge in [0.1, 0.15) is 0 Å². The van der Waals surface area contributed by atoms with E-state index in [9.17, 15) is 9.59 Å². The minimum atomic E-state index is -0.409. The van der Waals surface area contributed by atoms with Gasteiger partial charge in [0, 0.05) is 18.3 Å². The number of carbonyl (C=O) groups is 1. The quantitative estimate of drug-likeness (QED) is 0.829. The van der Waals surface area contributed by atoms with Crippen molar-refractivity contribution < 1.29 is 9.53 Å². The fourth-order valence-electron chi connectivity index (χ4n) is 4.63. The van der Waals surface area contributed by atoms with Crippen LogP contribution in [0.2, 0.25) is 0 Å². The Bertz CT molecular complexity index is 671. The second kappa shape index (κ2) is 7.18. The van der Waals surface area contributed by atoms with E-state index in [0.29, 0.717) is 11.8 Å². The van der Waals surface area contributed by atoms with Crippen molar-refractivity contribution >= 4 is 5.91 Å². The van der Waals surface area contributed by atoms with Gasteiger partial charge < -0.3 is 15.0 Å². The number of aromatic amines is 1. The molecular weight excluding hydrogens is 318 g/mol. The first-order chi connectivity index (χ1) is 12.2. The summed E-state index contributed by atoms with van der Waals surface area (Å²) in [6, 6.07) is 1.74. The van der Waals surface area contributed by atoms with Crippen molar-refractivity contribution in [2.24, 2.45) is 17.8 Å². The van der Waals surface area contributed by atoms with Crippen LogP contribution in [0.5, 0.6) is 5.88 Å². The van der Waals surface area contributed by atoms with E-state index >= 15 is 0 Å². The van der Waals surface area contributed by atoms with Crippen LogP contribution in [0.15, 0.2) is 10.9 Å². The number of hydrogen-bond acceptors (Lipinski definition) is 4. The van der Waals surface area contributed by atoms with Gasteiger partial charge in [-0.05, 0) is 55.8 Å². The van der Waals surface area contributed by atoms with Gasteiger partial charge in [-0.3, -0.25) is 4.79 Å². The minimum Gasteiger partial charge on any atom is -0.467 e. The van der Waals surface area contributed by atoms with E-state index in [-0.39, 0.29) is 18.4 Å². The van der Waals surface area contributed by atoms with E-state index in [4.69, 9.17) is 4.74 Å². The lowest BCUT2D eigenvalue weighted by molar-refractivity contribution is -0.123. The third kappa shape index (κ3) is 4.41. The predicted octanol–water partition coefficient (Wildman–Crippen LogP) is 2.36. The van der Waals surface area contributed by atoms with Crippen LogP contribution in [0.25, 0.3) is 0 Å². The fraction of sp³-hybridized carbons (Fsp3) is 0.737. The molecule has 3 fully saturated rings. The first kappa shape index (κ1) is 16.6. The van der Waals surface area contributed by atoms with Gasteiger partial charge in [-0.2, -0.15) is 4.98 Å². The minimum absolute atomic E-state index is 0.0832. The summed E-state index contributed by atoms with van der Waals surface area (Å²) in [6.07, 6.45) is 10.2. The van der Waals surface area contributed by atoms with Gasteiger partial charge in [0.15, 0.2) is 6.61 Å². The van der Waals surface area contributed by atoms with Gasteiger partial charge >= 0.3 is 5.69 Å². The van der Waals surface area contributed by atoms with Crippen LogP contribution in [0.3, 0.4) is 0 Å². The Morgan fingerprint density at radius 3 is 2.68 bits per heavy atom. The Morgan fingerprint density at radius 1 is 1.20 bits per heavy atom. The number of nitrogens with zero attached hydrogens (tertiary/aromatic N) is 1. The highest BCUT2D eigenvalue weighted by atomic mass is 16.5. The molecule has 0 spiro atoms. The van der Waals surface area contributed by atoms with E-state index in [1.165, 1.54) is 38.5 Å². The molecule has 0 saturated heterocycles. The van der Waals surface area contributed by atoms with Gasteiger partial charge in [-0.1, -0.05) is 19.3 Å². The van der Waals surface area contributed by atoms with Crippen LogP contribution < -0.4 is 15.7 Å². The maximum Gasteiger partial charge on any atom is 0.348 e. The summed E-state index contributed by atoms with van der Waals surface area (Å²) in [6.45, 7) is 0.658. The molecule has 6 heteroatoms. The molecule has 2 N–H and O–H groups in total. The maximum absolute atomic E-state index is 12.1. The lowest BCUT2D eigenvalue weighted by Crippen LogP contribution is -2.37. The summed E-state index contributed by atoms with van der Waals surface area (Å²) in [7, 11) is 0. The van der Waals surface area contributed by atoms with Gasteiger partial charge in [0.25, 0.3) is 5.91 Å². The number of aromatic nitrogens is 2. The third-order valence-corrected chi connectivity index (χ3v) is 5.92. The number of hydrogen-bond donors (Lipinski definition) is 2. The number of carbonyl (C=O) groups excluding carboxylic acids is 1. The number of H-pyrrole nitrogens is 1. The number of rotatable bonds is 6. The second-order valence-corrected chi connectivity index (χ2v) is 8.08. The zero-order chi connectivity index (χ0) is 17.2. The van der Waals surface area contributed by atoms with Crippen molar-refractivity contribution in [1.82, 2.24) is 15.3 Å².